The first-order valence-corrected chi connectivity index (χ1v) is 12.2. The van der Waals surface area contributed by atoms with Gasteiger partial charge in [-0.25, -0.2) is 4.98 Å². The zero-order valence-electron chi connectivity index (χ0n) is 20.2. The zero-order valence-corrected chi connectivity index (χ0v) is 21.0. The molecular formula is C26H33N3O4S. The molecule has 3 aromatic rings. The van der Waals surface area contributed by atoms with Crippen LogP contribution < -0.4 is 19.9 Å². The molecule has 3 rings (SSSR count). The average Bonchev–Trinajstić information content (AvgIpc) is 3.25. The van der Waals surface area contributed by atoms with E-state index in [2.05, 4.69) is 38.1 Å². The molecule has 0 saturated heterocycles. The molecule has 0 spiro atoms. The molecular weight excluding hydrogens is 450 g/mol. The van der Waals surface area contributed by atoms with E-state index in [0.717, 1.165) is 41.3 Å². The number of amidine groups is 1. The number of thiazole rings is 1. The monoisotopic (exact) mass is 483 g/mol. The van der Waals surface area contributed by atoms with Gasteiger partial charge in [-0.15, -0.1) is 11.3 Å². The van der Waals surface area contributed by atoms with Crippen LogP contribution in [0.5, 0.6) is 17.2 Å². The number of ether oxygens (including phenoxy) is 3. The molecule has 7 nitrogen and oxygen atoms in total. The van der Waals surface area contributed by atoms with Crippen LogP contribution in [0.4, 0.5) is 0 Å². The summed E-state index contributed by atoms with van der Waals surface area (Å²) in [6, 6.07) is 13.5. The van der Waals surface area contributed by atoms with Crippen molar-refractivity contribution in [2.45, 2.75) is 46.0 Å². The lowest BCUT2D eigenvalue weighted by Crippen LogP contribution is -2.16. The number of hydrogen-bond donors (Lipinski definition) is 2. The number of aryl methyl sites for hydroxylation is 1. The lowest BCUT2D eigenvalue weighted by molar-refractivity contribution is 0.278. The molecule has 8 heteroatoms. The molecule has 0 radical (unpaired) electrons. The minimum Gasteiger partial charge on any atom is -0.496 e. The van der Waals surface area contributed by atoms with Gasteiger partial charge in [0.2, 0.25) is 0 Å². The number of rotatable bonds is 12. The Morgan fingerprint density at radius 1 is 1.03 bits per heavy atom. The van der Waals surface area contributed by atoms with E-state index >= 15 is 0 Å². The average molecular weight is 484 g/mol. The van der Waals surface area contributed by atoms with Gasteiger partial charge in [0.1, 0.15) is 22.8 Å². The SMILES string of the molecule is COc1cccc(OCCCCCOc2ccc(-c3nc(C)sc3C(C)C)cc2)c1C(N)=NO. The first kappa shape index (κ1) is 25.4. The van der Waals surface area contributed by atoms with E-state index in [1.807, 2.05) is 12.1 Å². The van der Waals surface area contributed by atoms with Crippen LogP contribution >= 0.6 is 11.3 Å². The topological polar surface area (TPSA) is 99.2 Å². The van der Waals surface area contributed by atoms with Crippen molar-refractivity contribution in [2.75, 3.05) is 20.3 Å². The highest BCUT2D eigenvalue weighted by Gasteiger charge is 2.15. The van der Waals surface area contributed by atoms with Gasteiger partial charge in [0.15, 0.2) is 5.84 Å². The summed E-state index contributed by atoms with van der Waals surface area (Å²) in [7, 11) is 1.53. The van der Waals surface area contributed by atoms with Crippen LogP contribution in [0.2, 0.25) is 0 Å². The van der Waals surface area contributed by atoms with E-state index in [1.54, 1.807) is 29.5 Å². The Labute approximate surface area is 205 Å². The first-order valence-electron chi connectivity index (χ1n) is 11.4. The highest BCUT2D eigenvalue weighted by atomic mass is 32.1. The van der Waals surface area contributed by atoms with Crippen molar-refractivity contribution in [3.05, 3.63) is 57.9 Å². The summed E-state index contributed by atoms with van der Waals surface area (Å²) in [6.45, 7) is 7.61. The maximum atomic E-state index is 9.04. The second-order valence-electron chi connectivity index (χ2n) is 8.20. The molecule has 0 aliphatic rings. The highest BCUT2D eigenvalue weighted by molar-refractivity contribution is 7.12. The van der Waals surface area contributed by atoms with Crippen molar-refractivity contribution in [2.24, 2.45) is 10.9 Å². The maximum Gasteiger partial charge on any atom is 0.177 e. The first-order chi connectivity index (χ1) is 16.4. The smallest absolute Gasteiger partial charge is 0.177 e. The third-order valence-corrected chi connectivity index (χ3v) is 6.57. The molecule has 1 heterocycles. The lowest BCUT2D eigenvalue weighted by atomic mass is 10.1. The van der Waals surface area contributed by atoms with Gasteiger partial charge < -0.3 is 25.2 Å². The molecule has 0 fully saturated rings. The van der Waals surface area contributed by atoms with Gasteiger partial charge in [-0.2, -0.15) is 0 Å². The van der Waals surface area contributed by atoms with Crippen molar-refractivity contribution in [1.29, 1.82) is 0 Å². The predicted octanol–water partition coefficient (Wildman–Crippen LogP) is 5.97. The Hall–Kier alpha value is -3.26. The van der Waals surface area contributed by atoms with Crippen molar-refractivity contribution in [1.82, 2.24) is 4.98 Å². The van der Waals surface area contributed by atoms with Gasteiger partial charge in [-0.1, -0.05) is 25.1 Å². The number of oxime groups is 1. The normalized spacial score (nSPS) is 11.6. The minimum absolute atomic E-state index is 0.0442. The van der Waals surface area contributed by atoms with Gasteiger partial charge in [0, 0.05) is 10.4 Å². The van der Waals surface area contributed by atoms with Gasteiger partial charge in [0.05, 0.1) is 31.0 Å². The summed E-state index contributed by atoms with van der Waals surface area (Å²) in [5, 5.41) is 13.2. The Morgan fingerprint density at radius 2 is 1.71 bits per heavy atom. The molecule has 0 unspecified atom stereocenters. The van der Waals surface area contributed by atoms with E-state index in [-0.39, 0.29) is 5.84 Å². The van der Waals surface area contributed by atoms with E-state index < -0.39 is 0 Å². The van der Waals surface area contributed by atoms with Crippen LogP contribution in [-0.4, -0.2) is 36.4 Å². The molecule has 0 aliphatic carbocycles. The van der Waals surface area contributed by atoms with Crippen molar-refractivity contribution < 1.29 is 19.4 Å². The second-order valence-corrected chi connectivity index (χ2v) is 9.44. The van der Waals surface area contributed by atoms with Gasteiger partial charge in [0.25, 0.3) is 0 Å². The summed E-state index contributed by atoms with van der Waals surface area (Å²) in [5.74, 6) is 2.30. The Kier molecular flexibility index (Phi) is 9.16. The van der Waals surface area contributed by atoms with E-state index in [4.69, 9.17) is 30.1 Å². The van der Waals surface area contributed by atoms with Gasteiger partial charge >= 0.3 is 0 Å². The van der Waals surface area contributed by atoms with Crippen LogP contribution in [0.3, 0.4) is 0 Å². The Morgan fingerprint density at radius 3 is 2.35 bits per heavy atom. The molecule has 0 saturated carbocycles. The van der Waals surface area contributed by atoms with Crippen molar-refractivity contribution >= 4 is 17.2 Å². The third kappa shape index (κ3) is 6.41. The number of hydrogen-bond acceptors (Lipinski definition) is 7. The largest absolute Gasteiger partial charge is 0.496 e. The van der Waals surface area contributed by atoms with E-state index in [9.17, 15) is 0 Å². The van der Waals surface area contributed by atoms with Crippen LogP contribution in [0.25, 0.3) is 11.3 Å². The quantitative estimate of drug-likeness (QED) is 0.108. The van der Waals surface area contributed by atoms with E-state index in [0.29, 0.717) is 36.2 Å². The second kappa shape index (κ2) is 12.3. The summed E-state index contributed by atoms with van der Waals surface area (Å²) in [6.07, 6.45) is 2.73. The Bertz CT molecular complexity index is 1090. The fraction of sp³-hybridized carbons (Fsp3) is 0.385. The molecule has 34 heavy (non-hydrogen) atoms. The van der Waals surface area contributed by atoms with Crippen molar-refractivity contribution in [3.63, 3.8) is 0 Å². The summed E-state index contributed by atoms with van der Waals surface area (Å²) in [4.78, 5) is 6.04. The summed E-state index contributed by atoms with van der Waals surface area (Å²) < 4.78 is 17.0. The number of methoxy groups -OCH3 is 1. The molecule has 1 aromatic heterocycles. The zero-order chi connectivity index (χ0) is 24.5. The van der Waals surface area contributed by atoms with Gasteiger partial charge in [-0.05, 0) is 68.5 Å². The van der Waals surface area contributed by atoms with Crippen LogP contribution in [0.1, 0.15) is 54.5 Å². The molecule has 3 N–H and O–H groups in total. The predicted molar refractivity (Wildman–Crippen MR) is 137 cm³/mol. The molecule has 0 atom stereocenters. The van der Waals surface area contributed by atoms with Crippen LogP contribution in [-0.2, 0) is 0 Å². The minimum atomic E-state index is -0.0442. The fourth-order valence-corrected chi connectivity index (χ4v) is 4.56. The maximum absolute atomic E-state index is 9.04. The standard InChI is InChI=1S/C26H33N3O4S/c1-17(2)25-24(28-18(3)34-25)19-11-13-20(14-12-19)32-15-6-5-7-16-33-22-10-8-9-21(31-4)23(22)26(27)29-30/h8-14,17,30H,5-7,15-16H2,1-4H3,(H2,27,29). The summed E-state index contributed by atoms with van der Waals surface area (Å²) in [5.41, 5.74) is 8.44. The number of unbranched alkanes of at least 4 members (excludes halogenated alkanes) is 2. The number of benzene rings is 2. The van der Waals surface area contributed by atoms with E-state index in [1.165, 1.54) is 12.0 Å². The Balaban J connectivity index is 1.43. The fourth-order valence-electron chi connectivity index (χ4n) is 3.61. The molecule has 0 amide bonds. The number of aromatic nitrogens is 1. The number of nitrogens with zero attached hydrogens (tertiary/aromatic N) is 2. The molecule has 2 aromatic carbocycles. The third-order valence-electron chi connectivity index (χ3n) is 5.30. The molecule has 0 bridgehead atoms. The summed E-state index contributed by atoms with van der Waals surface area (Å²) >= 11 is 1.77. The number of nitrogens with two attached hydrogens (primary N) is 1. The van der Waals surface area contributed by atoms with Gasteiger partial charge in [-0.3, -0.25) is 0 Å². The highest BCUT2D eigenvalue weighted by Crippen LogP contribution is 2.34. The van der Waals surface area contributed by atoms with Crippen molar-refractivity contribution in [3.8, 4) is 28.5 Å². The molecule has 0 aliphatic heterocycles. The lowest BCUT2D eigenvalue weighted by Gasteiger charge is -2.14. The molecule has 182 valence electrons. The van der Waals surface area contributed by atoms with Crippen LogP contribution in [0.15, 0.2) is 47.6 Å². The van der Waals surface area contributed by atoms with Crippen LogP contribution in [0, 0.1) is 6.92 Å².